The predicted molar refractivity (Wildman–Crippen MR) is 131 cm³/mol. The average Bonchev–Trinajstić information content (AvgIpc) is 2.70. The second kappa shape index (κ2) is 10.1. The third-order valence-electron chi connectivity index (χ3n) is 5.30. The number of aryl methyl sites for hydroxylation is 3. The number of hydrogen-bond donors (Lipinski definition) is 2. The molecule has 0 saturated heterocycles. The molecule has 0 unspecified atom stereocenters. The molecule has 0 aliphatic heterocycles. The Morgan fingerprint density at radius 3 is 2.36 bits per heavy atom. The highest BCUT2D eigenvalue weighted by molar-refractivity contribution is 5.72. The topological polar surface area (TPSA) is 58.6 Å². The van der Waals surface area contributed by atoms with Crippen molar-refractivity contribution in [3.8, 4) is 16.9 Å². The van der Waals surface area contributed by atoms with E-state index in [1.165, 1.54) is 6.07 Å². The van der Waals surface area contributed by atoms with E-state index in [4.69, 9.17) is 4.74 Å². The molecule has 0 radical (unpaired) electrons. The number of phenols is 1. The van der Waals surface area contributed by atoms with Crippen LogP contribution in [0, 0.1) is 19.7 Å². The van der Waals surface area contributed by atoms with Gasteiger partial charge in [-0.2, -0.15) is 0 Å². The van der Waals surface area contributed by atoms with Gasteiger partial charge >= 0.3 is 5.97 Å². The Bertz CT molecular complexity index is 1130. The molecule has 0 spiro atoms. The van der Waals surface area contributed by atoms with Gasteiger partial charge in [-0.25, -0.2) is 4.39 Å². The third kappa shape index (κ3) is 6.82. The van der Waals surface area contributed by atoms with Crippen LogP contribution in [0.25, 0.3) is 11.1 Å². The molecule has 0 bridgehead atoms. The van der Waals surface area contributed by atoms with Crippen molar-refractivity contribution in [1.29, 1.82) is 0 Å². The minimum atomic E-state index is -0.541. The van der Waals surface area contributed by atoms with Gasteiger partial charge in [-0.3, -0.25) is 4.79 Å². The van der Waals surface area contributed by atoms with Crippen molar-refractivity contribution in [2.45, 2.75) is 59.6 Å². The molecule has 0 amide bonds. The van der Waals surface area contributed by atoms with Gasteiger partial charge in [-0.1, -0.05) is 24.3 Å². The monoisotopic (exact) mass is 449 g/mol. The third-order valence-corrected chi connectivity index (χ3v) is 5.30. The summed E-state index contributed by atoms with van der Waals surface area (Å²) in [7, 11) is 0. The molecule has 3 aromatic carbocycles. The van der Waals surface area contributed by atoms with Crippen LogP contribution in [-0.2, 0) is 22.5 Å². The first-order valence-corrected chi connectivity index (χ1v) is 11.2. The molecule has 4 nitrogen and oxygen atoms in total. The fraction of sp³-hybridized carbons (Fsp3) is 0.321. The van der Waals surface area contributed by atoms with E-state index in [0.29, 0.717) is 24.2 Å². The number of rotatable bonds is 7. The summed E-state index contributed by atoms with van der Waals surface area (Å²) in [6.45, 7) is 9.96. The maximum atomic E-state index is 14.6. The highest BCUT2D eigenvalue weighted by Crippen LogP contribution is 2.31. The first kappa shape index (κ1) is 24.3. The molecule has 2 N–H and O–H groups in total. The van der Waals surface area contributed by atoms with Crippen LogP contribution in [-0.4, -0.2) is 16.7 Å². The Labute approximate surface area is 195 Å². The standard InChI is InChI=1S/C28H32FNO3/c1-18-13-24(31)14-19(2)27(18)22-8-6-7-20(15-22)17-30-23-11-9-21(25(29)16-23)10-12-26(32)33-28(3,4)5/h6-9,11,13-16,30-31H,10,12,17H2,1-5H3. The lowest BCUT2D eigenvalue weighted by molar-refractivity contribution is -0.154. The number of aromatic hydroxyl groups is 1. The maximum Gasteiger partial charge on any atom is 0.306 e. The van der Waals surface area contributed by atoms with Gasteiger partial charge in [0.05, 0.1) is 0 Å². The highest BCUT2D eigenvalue weighted by atomic mass is 19.1. The summed E-state index contributed by atoms with van der Waals surface area (Å²) in [5, 5.41) is 13.1. The number of carbonyl (C=O) groups is 1. The zero-order chi connectivity index (χ0) is 24.2. The van der Waals surface area contributed by atoms with Crippen LogP contribution in [0.5, 0.6) is 5.75 Å². The zero-order valence-electron chi connectivity index (χ0n) is 20.0. The van der Waals surface area contributed by atoms with Gasteiger partial charge in [0.2, 0.25) is 0 Å². The number of esters is 1. The second-order valence-corrected chi connectivity index (χ2v) is 9.40. The van der Waals surface area contributed by atoms with Crippen LogP contribution < -0.4 is 5.32 Å². The van der Waals surface area contributed by atoms with Crippen LogP contribution >= 0.6 is 0 Å². The van der Waals surface area contributed by atoms with Crippen molar-refractivity contribution in [3.63, 3.8) is 0 Å². The fourth-order valence-corrected chi connectivity index (χ4v) is 3.93. The summed E-state index contributed by atoms with van der Waals surface area (Å²) < 4.78 is 19.8. The highest BCUT2D eigenvalue weighted by Gasteiger charge is 2.16. The van der Waals surface area contributed by atoms with Gasteiger partial charge in [-0.15, -0.1) is 0 Å². The van der Waals surface area contributed by atoms with Gasteiger partial charge in [0.25, 0.3) is 0 Å². The van der Waals surface area contributed by atoms with E-state index >= 15 is 0 Å². The largest absolute Gasteiger partial charge is 0.508 e. The van der Waals surface area contributed by atoms with Crippen molar-refractivity contribution in [1.82, 2.24) is 0 Å². The molecule has 0 aliphatic rings. The number of carbonyl (C=O) groups excluding carboxylic acids is 1. The Hall–Kier alpha value is -3.34. The number of halogens is 1. The SMILES string of the molecule is Cc1cc(O)cc(C)c1-c1cccc(CNc2ccc(CCC(=O)OC(C)(C)C)c(F)c2)c1. The first-order chi connectivity index (χ1) is 15.5. The Morgan fingerprint density at radius 2 is 1.73 bits per heavy atom. The average molecular weight is 450 g/mol. The smallest absolute Gasteiger partial charge is 0.306 e. The lowest BCUT2D eigenvalue weighted by Crippen LogP contribution is -2.24. The normalized spacial score (nSPS) is 11.3. The Morgan fingerprint density at radius 1 is 1.03 bits per heavy atom. The summed E-state index contributed by atoms with van der Waals surface area (Å²) in [6.07, 6.45) is 0.443. The van der Waals surface area contributed by atoms with Crippen LogP contribution in [0.4, 0.5) is 10.1 Å². The van der Waals surface area contributed by atoms with Crippen molar-refractivity contribution >= 4 is 11.7 Å². The minimum Gasteiger partial charge on any atom is -0.508 e. The van der Waals surface area contributed by atoms with Crippen molar-refractivity contribution in [3.05, 3.63) is 82.7 Å². The van der Waals surface area contributed by atoms with Gasteiger partial charge in [-0.05, 0) is 105 Å². The summed E-state index contributed by atoms with van der Waals surface area (Å²) in [4.78, 5) is 11.9. The molecular formula is C28H32FNO3. The van der Waals surface area contributed by atoms with E-state index < -0.39 is 5.60 Å². The number of phenolic OH excluding ortho intramolecular Hbond substituents is 1. The van der Waals surface area contributed by atoms with Crippen LogP contribution in [0.3, 0.4) is 0 Å². The molecule has 0 saturated carbocycles. The zero-order valence-corrected chi connectivity index (χ0v) is 20.0. The predicted octanol–water partition coefficient (Wildman–Crippen LogP) is 6.70. The van der Waals surface area contributed by atoms with Gasteiger partial charge < -0.3 is 15.2 Å². The van der Waals surface area contributed by atoms with Crippen LogP contribution in [0.2, 0.25) is 0 Å². The molecule has 0 aliphatic carbocycles. The number of ether oxygens (including phenoxy) is 1. The molecule has 0 fully saturated rings. The summed E-state index contributed by atoms with van der Waals surface area (Å²) in [5.74, 6) is -0.404. The van der Waals surface area contributed by atoms with E-state index in [9.17, 15) is 14.3 Å². The molecule has 33 heavy (non-hydrogen) atoms. The molecule has 174 valence electrons. The molecule has 0 atom stereocenters. The summed E-state index contributed by atoms with van der Waals surface area (Å²) in [5.41, 5.74) is 5.91. The molecule has 3 aromatic rings. The number of hydrogen-bond acceptors (Lipinski definition) is 4. The molecule has 5 heteroatoms. The Balaban J connectivity index is 1.65. The quantitative estimate of drug-likeness (QED) is 0.394. The van der Waals surface area contributed by atoms with Gasteiger partial charge in [0, 0.05) is 18.7 Å². The minimum absolute atomic E-state index is 0.143. The van der Waals surface area contributed by atoms with Crippen molar-refractivity contribution in [2.75, 3.05) is 5.32 Å². The first-order valence-electron chi connectivity index (χ1n) is 11.2. The van der Waals surface area contributed by atoms with Gasteiger partial charge in [0.1, 0.15) is 17.2 Å². The van der Waals surface area contributed by atoms with Crippen LogP contribution in [0.1, 0.15) is 49.4 Å². The van der Waals surface area contributed by atoms with E-state index in [-0.39, 0.29) is 24.0 Å². The van der Waals surface area contributed by atoms with E-state index in [1.54, 1.807) is 18.2 Å². The fourth-order valence-electron chi connectivity index (χ4n) is 3.93. The van der Waals surface area contributed by atoms with Crippen molar-refractivity contribution in [2.24, 2.45) is 0 Å². The second-order valence-electron chi connectivity index (χ2n) is 9.40. The van der Waals surface area contributed by atoms with Gasteiger partial charge in [0.15, 0.2) is 0 Å². The van der Waals surface area contributed by atoms with E-state index in [2.05, 4.69) is 17.4 Å². The maximum absolute atomic E-state index is 14.6. The molecule has 0 aromatic heterocycles. The number of anilines is 1. The number of benzene rings is 3. The van der Waals surface area contributed by atoms with E-state index in [1.807, 2.05) is 52.8 Å². The van der Waals surface area contributed by atoms with E-state index in [0.717, 1.165) is 27.8 Å². The number of nitrogens with one attached hydrogen (secondary N) is 1. The van der Waals surface area contributed by atoms with Crippen molar-refractivity contribution < 1.29 is 19.0 Å². The molecule has 3 rings (SSSR count). The lowest BCUT2D eigenvalue weighted by Gasteiger charge is -2.19. The summed E-state index contributed by atoms with van der Waals surface area (Å²) in [6, 6.07) is 16.7. The van der Waals surface area contributed by atoms with Crippen LogP contribution in [0.15, 0.2) is 54.6 Å². The molecule has 0 heterocycles. The molecular weight excluding hydrogens is 417 g/mol. The lowest BCUT2D eigenvalue weighted by atomic mass is 9.94. The summed E-state index contributed by atoms with van der Waals surface area (Å²) >= 11 is 0. The Kier molecular flexibility index (Phi) is 7.42.